The average molecular weight is 107 g/mol. The minimum absolute atomic E-state index is 0.893. The maximum atomic E-state index is 5.44. The van der Waals surface area contributed by atoms with Crippen molar-refractivity contribution in [2.24, 2.45) is 0 Å². The molecule has 0 bridgehead atoms. The van der Waals surface area contributed by atoms with E-state index in [9.17, 15) is 0 Å². The topological polar surface area (TPSA) is 0 Å². The SMILES string of the molecule is [CH]=C(/C=C/C=C)CC. The Balaban J connectivity index is 3.52. The molecule has 0 nitrogen and oxygen atoms in total. The van der Waals surface area contributed by atoms with E-state index >= 15 is 0 Å². The van der Waals surface area contributed by atoms with Crippen LogP contribution in [0.3, 0.4) is 0 Å². The molecule has 0 fully saturated rings. The molecule has 0 amide bonds. The van der Waals surface area contributed by atoms with Gasteiger partial charge in [0.15, 0.2) is 0 Å². The third-order valence-electron chi connectivity index (χ3n) is 0.855. The first-order chi connectivity index (χ1) is 3.81. The molecule has 1 radical (unpaired) electrons. The summed E-state index contributed by atoms with van der Waals surface area (Å²) >= 11 is 0. The van der Waals surface area contributed by atoms with Crippen molar-refractivity contribution >= 4 is 0 Å². The molecule has 0 atom stereocenters. The molecular weight excluding hydrogens is 96.1 g/mol. The molecule has 0 spiro atoms. The molecule has 0 heterocycles. The summed E-state index contributed by atoms with van der Waals surface area (Å²) in [5, 5.41) is 0. The molecule has 0 aromatic rings. The monoisotopic (exact) mass is 107 g/mol. The van der Waals surface area contributed by atoms with Crippen LogP contribution in [0.5, 0.6) is 0 Å². The molecule has 0 aliphatic rings. The van der Waals surface area contributed by atoms with E-state index < -0.39 is 0 Å². The Morgan fingerprint density at radius 3 is 2.75 bits per heavy atom. The second-order valence-corrected chi connectivity index (χ2v) is 1.52. The molecule has 0 saturated heterocycles. The molecule has 8 heavy (non-hydrogen) atoms. The third kappa shape index (κ3) is 3.41. The van der Waals surface area contributed by atoms with Crippen LogP contribution in [0.4, 0.5) is 0 Å². The Labute approximate surface area is 51.2 Å². The maximum Gasteiger partial charge on any atom is -0.0307 e. The highest BCUT2D eigenvalue weighted by Gasteiger charge is 1.76. The number of rotatable bonds is 3. The molecule has 0 unspecified atom stereocenters. The van der Waals surface area contributed by atoms with Crippen molar-refractivity contribution in [2.45, 2.75) is 13.3 Å². The van der Waals surface area contributed by atoms with Crippen LogP contribution in [0.25, 0.3) is 0 Å². The van der Waals surface area contributed by atoms with Crippen molar-refractivity contribution in [3.8, 4) is 0 Å². The van der Waals surface area contributed by atoms with Crippen LogP contribution < -0.4 is 0 Å². The smallest absolute Gasteiger partial charge is 0.0307 e. The molecule has 0 N–H and O–H groups in total. The Kier molecular flexibility index (Phi) is 3.95. The van der Waals surface area contributed by atoms with Gasteiger partial charge in [0.2, 0.25) is 0 Å². The van der Waals surface area contributed by atoms with Crippen molar-refractivity contribution in [1.82, 2.24) is 0 Å². The van der Waals surface area contributed by atoms with E-state index in [0.29, 0.717) is 0 Å². The lowest BCUT2D eigenvalue weighted by molar-refractivity contribution is 1.15. The van der Waals surface area contributed by atoms with Crippen LogP contribution >= 0.6 is 0 Å². The van der Waals surface area contributed by atoms with Gasteiger partial charge in [0.1, 0.15) is 0 Å². The van der Waals surface area contributed by atoms with Crippen LogP contribution in [0.15, 0.2) is 30.4 Å². The van der Waals surface area contributed by atoms with E-state index in [-0.39, 0.29) is 0 Å². The fraction of sp³-hybridized carbons (Fsp3) is 0.250. The highest BCUT2D eigenvalue weighted by Crippen LogP contribution is 1.96. The second-order valence-electron chi connectivity index (χ2n) is 1.52. The van der Waals surface area contributed by atoms with Gasteiger partial charge in [0.05, 0.1) is 0 Å². The predicted molar refractivity (Wildman–Crippen MR) is 37.4 cm³/mol. The van der Waals surface area contributed by atoms with Gasteiger partial charge in [-0.3, -0.25) is 0 Å². The summed E-state index contributed by atoms with van der Waals surface area (Å²) in [7, 11) is 0. The van der Waals surface area contributed by atoms with Crippen LogP contribution in [0.1, 0.15) is 13.3 Å². The van der Waals surface area contributed by atoms with Gasteiger partial charge in [0, 0.05) is 0 Å². The molecule has 0 saturated carbocycles. The minimum Gasteiger partial charge on any atom is -0.0991 e. The van der Waals surface area contributed by atoms with E-state index in [1.54, 1.807) is 6.08 Å². The van der Waals surface area contributed by atoms with Gasteiger partial charge in [0.25, 0.3) is 0 Å². The Morgan fingerprint density at radius 1 is 1.75 bits per heavy atom. The van der Waals surface area contributed by atoms with Crippen LogP contribution in [0.2, 0.25) is 0 Å². The molecule has 0 aromatic carbocycles. The van der Waals surface area contributed by atoms with Gasteiger partial charge in [-0.05, 0) is 12.0 Å². The van der Waals surface area contributed by atoms with Gasteiger partial charge >= 0.3 is 0 Å². The molecular formula is C8H11. The van der Waals surface area contributed by atoms with Crippen LogP contribution in [-0.2, 0) is 0 Å². The number of hydrogen-bond donors (Lipinski definition) is 0. The quantitative estimate of drug-likeness (QED) is 0.486. The van der Waals surface area contributed by atoms with Crippen molar-refractivity contribution < 1.29 is 0 Å². The largest absolute Gasteiger partial charge is 0.0991 e. The van der Waals surface area contributed by atoms with E-state index in [0.717, 1.165) is 12.0 Å². The maximum absolute atomic E-state index is 5.44. The first-order valence-electron chi connectivity index (χ1n) is 2.71. The summed E-state index contributed by atoms with van der Waals surface area (Å²) in [5.74, 6) is 0. The summed E-state index contributed by atoms with van der Waals surface area (Å²) < 4.78 is 0. The standard InChI is InChI=1S/C8H11/c1-4-6-7-8(3)5-2/h3-4,6-7H,1,5H2,2H3/b7-6+,8-3?. The van der Waals surface area contributed by atoms with Crippen molar-refractivity contribution in [3.05, 3.63) is 37.0 Å². The van der Waals surface area contributed by atoms with Gasteiger partial charge in [-0.1, -0.05) is 38.3 Å². The summed E-state index contributed by atoms with van der Waals surface area (Å²) in [6.07, 6.45) is 6.30. The van der Waals surface area contributed by atoms with E-state index in [2.05, 4.69) is 6.58 Å². The fourth-order valence-corrected chi connectivity index (χ4v) is 0.309. The molecule has 0 heteroatoms. The highest BCUT2D eigenvalue weighted by atomic mass is 13.8. The zero-order valence-corrected chi connectivity index (χ0v) is 5.22. The molecule has 43 valence electrons. The van der Waals surface area contributed by atoms with E-state index in [1.165, 1.54) is 0 Å². The molecule has 0 aromatic heterocycles. The number of hydrogen-bond acceptors (Lipinski definition) is 0. The zero-order chi connectivity index (χ0) is 6.41. The minimum atomic E-state index is 0.893. The van der Waals surface area contributed by atoms with Crippen molar-refractivity contribution in [1.29, 1.82) is 0 Å². The van der Waals surface area contributed by atoms with Gasteiger partial charge in [-0.15, -0.1) is 0 Å². The second kappa shape index (κ2) is 4.38. The summed E-state index contributed by atoms with van der Waals surface area (Å²) in [5.41, 5.74) is 0.893. The van der Waals surface area contributed by atoms with E-state index in [4.69, 9.17) is 6.58 Å². The fourth-order valence-electron chi connectivity index (χ4n) is 0.309. The lowest BCUT2D eigenvalue weighted by Crippen LogP contribution is -1.66. The van der Waals surface area contributed by atoms with E-state index in [1.807, 2.05) is 19.1 Å². The summed E-state index contributed by atoms with van der Waals surface area (Å²) in [4.78, 5) is 0. The van der Waals surface area contributed by atoms with Crippen molar-refractivity contribution in [3.63, 3.8) is 0 Å². The predicted octanol–water partition coefficient (Wildman–Crippen LogP) is 2.50. The first kappa shape index (κ1) is 7.22. The highest BCUT2D eigenvalue weighted by molar-refractivity contribution is 5.15. The Morgan fingerprint density at radius 2 is 2.38 bits per heavy atom. The third-order valence-corrected chi connectivity index (χ3v) is 0.855. The van der Waals surface area contributed by atoms with Gasteiger partial charge < -0.3 is 0 Å². The zero-order valence-electron chi connectivity index (χ0n) is 5.22. The molecule has 0 rings (SSSR count). The van der Waals surface area contributed by atoms with Crippen LogP contribution in [-0.4, -0.2) is 0 Å². The van der Waals surface area contributed by atoms with Gasteiger partial charge in [-0.2, -0.15) is 0 Å². The molecule has 0 aliphatic carbocycles. The average Bonchev–Trinajstić information content (AvgIpc) is 1.83. The first-order valence-corrected chi connectivity index (χ1v) is 2.71. The summed E-state index contributed by atoms with van der Waals surface area (Å²) in [6, 6.07) is 0. The normalized spacial score (nSPS) is 9.62. The molecule has 0 aliphatic heterocycles. The number of allylic oxidation sites excluding steroid dienone is 4. The Hall–Kier alpha value is -0.780. The summed E-state index contributed by atoms with van der Waals surface area (Å²) in [6.45, 7) is 11.0. The van der Waals surface area contributed by atoms with Crippen molar-refractivity contribution in [2.75, 3.05) is 0 Å². The lowest BCUT2D eigenvalue weighted by Gasteiger charge is -1.85. The lowest BCUT2D eigenvalue weighted by atomic mass is 10.2. The van der Waals surface area contributed by atoms with Crippen LogP contribution in [0, 0.1) is 6.58 Å². The van der Waals surface area contributed by atoms with Gasteiger partial charge in [-0.25, -0.2) is 0 Å². The Bertz CT molecular complexity index is 107.